The molecule has 1 fully saturated rings. The Labute approximate surface area is 126 Å². The zero-order chi connectivity index (χ0) is 14.7. The Morgan fingerprint density at radius 3 is 2.86 bits per heavy atom. The highest BCUT2D eigenvalue weighted by atomic mass is 15.1. The molecule has 0 bridgehead atoms. The second kappa shape index (κ2) is 6.15. The Morgan fingerprint density at radius 1 is 1.29 bits per heavy atom. The number of hydrogen-bond acceptors (Lipinski definition) is 3. The molecule has 0 spiro atoms. The van der Waals surface area contributed by atoms with Crippen LogP contribution in [0.3, 0.4) is 0 Å². The fourth-order valence-corrected chi connectivity index (χ4v) is 2.95. The maximum atomic E-state index is 5.38. The van der Waals surface area contributed by atoms with Crippen LogP contribution < -0.4 is 5.32 Å². The Bertz CT molecular complexity index is 664. The maximum absolute atomic E-state index is 5.38. The molecule has 3 heteroatoms. The van der Waals surface area contributed by atoms with Crippen LogP contribution in [0.25, 0.3) is 10.9 Å². The summed E-state index contributed by atoms with van der Waals surface area (Å²) in [6, 6.07) is 11.0. The molecule has 1 aromatic heterocycles. The van der Waals surface area contributed by atoms with Gasteiger partial charge in [-0.05, 0) is 31.9 Å². The van der Waals surface area contributed by atoms with Crippen LogP contribution in [0, 0.1) is 19.3 Å². The number of rotatable bonds is 3. The number of benzene rings is 1. The second-order valence-corrected chi connectivity index (χ2v) is 5.73. The van der Waals surface area contributed by atoms with Crippen molar-refractivity contribution in [2.24, 2.45) is 0 Å². The Hall–Kier alpha value is -2.05. The minimum absolute atomic E-state index is 0.506. The number of anilines is 1. The van der Waals surface area contributed by atoms with E-state index in [4.69, 9.17) is 6.42 Å². The first-order valence-corrected chi connectivity index (χ1v) is 7.55. The van der Waals surface area contributed by atoms with Gasteiger partial charge in [0, 0.05) is 30.2 Å². The van der Waals surface area contributed by atoms with Gasteiger partial charge in [0.25, 0.3) is 0 Å². The van der Waals surface area contributed by atoms with E-state index in [9.17, 15) is 0 Å². The summed E-state index contributed by atoms with van der Waals surface area (Å²) in [5.74, 6) is 2.73. The Morgan fingerprint density at radius 2 is 2.10 bits per heavy atom. The first-order chi connectivity index (χ1) is 10.3. The number of aromatic nitrogens is 1. The zero-order valence-corrected chi connectivity index (χ0v) is 12.5. The summed E-state index contributed by atoms with van der Waals surface area (Å²) in [5.41, 5.74) is 3.27. The number of likely N-dealkylation sites (tertiary alicyclic amines) is 1. The van der Waals surface area contributed by atoms with E-state index in [1.165, 1.54) is 5.39 Å². The van der Waals surface area contributed by atoms with Crippen LogP contribution in [0.1, 0.15) is 18.5 Å². The van der Waals surface area contributed by atoms with Crippen molar-refractivity contribution in [3.05, 3.63) is 36.0 Å². The van der Waals surface area contributed by atoms with E-state index in [2.05, 4.69) is 51.5 Å². The molecule has 0 unspecified atom stereocenters. The number of nitrogens with one attached hydrogen (secondary N) is 1. The van der Waals surface area contributed by atoms with Crippen molar-refractivity contribution in [1.82, 2.24) is 9.88 Å². The largest absolute Gasteiger partial charge is 0.380 e. The molecular weight excluding hydrogens is 258 g/mol. The number of fused-ring (bicyclic) bond motifs is 1. The van der Waals surface area contributed by atoms with Crippen LogP contribution in [0.15, 0.2) is 30.3 Å². The highest BCUT2D eigenvalue weighted by Crippen LogP contribution is 2.24. The fourth-order valence-electron chi connectivity index (χ4n) is 2.95. The number of pyridine rings is 1. The predicted octanol–water partition coefficient (Wildman–Crippen LogP) is 3.05. The molecule has 2 heterocycles. The van der Waals surface area contributed by atoms with Crippen molar-refractivity contribution in [2.45, 2.75) is 25.8 Å². The molecule has 3 rings (SSSR count). The molecule has 0 aliphatic carbocycles. The molecule has 1 aliphatic heterocycles. The third-order valence-corrected chi connectivity index (χ3v) is 4.12. The predicted molar refractivity (Wildman–Crippen MR) is 88.4 cm³/mol. The van der Waals surface area contributed by atoms with Gasteiger partial charge in [0.05, 0.1) is 17.7 Å². The van der Waals surface area contributed by atoms with Gasteiger partial charge in [-0.25, -0.2) is 0 Å². The quantitative estimate of drug-likeness (QED) is 0.875. The number of nitrogens with zero attached hydrogens (tertiary/aromatic N) is 2. The van der Waals surface area contributed by atoms with Gasteiger partial charge in [-0.15, -0.1) is 6.42 Å². The van der Waals surface area contributed by atoms with Gasteiger partial charge in [-0.3, -0.25) is 9.88 Å². The van der Waals surface area contributed by atoms with Crippen molar-refractivity contribution < 1.29 is 0 Å². The highest BCUT2D eigenvalue weighted by Gasteiger charge is 2.18. The van der Waals surface area contributed by atoms with E-state index >= 15 is 0 Å². The second-order valence-electron chi connectivity index (χ2n) is 5.73. The summed E-state index contributed by atoms with van der Waals surface area (Å²) >= 11 is 0. The Kier molecular flexibility index (Phi) is 4.08. The van der Waals surface area contributed by atoms with Crippen LogP contribution >= 0.6 is 0 Å². The van der Waals surface area contributed by atoms with Gasteiger partial charge in [-0.2, -0.15) is 0 Å². The van der Waals surface area contributed by atoms with E-state index in [1.807, 2.05) is 6.92 Å². The van der Waals surface area contributed by atoms with Crippen molar-refractivity contribution in [2.75, 3.05) is 25.0 Å². The van der Waals surface area contributed by atoms with Crippen molar-refractivity contribution in [3.8, 4) is 12.3 Å². The molecule has 0 radical (unpaired) electrons. The number of terminal acetylenes is 1. The molecule has 0 atom stereocenters. The molecular formula is C18H21N3. The van der Waals surface area contributed by atoms with E-state index in [0.29, 0.717) is 6.04 Å². The summed E-state index contributed by atoms with van der Waals surface area (Å²) in [6.45, 7) is 4.94. The van der Waals surface area contributed by atoms with Crippen LogP contribution in [0.5, 0.6) is 0 Å². The zero-order valence-electron chi connectivity index (χ0n) is 12.5. The lowest BCUT2D eigenvalue weighted by Gasteiger charge is -2.31. The van der Waals surface area contributed by atoms with Crippen molar-refractivity contribution >= 4 is 16.6 Å². The van der Waals surface area contributed by atoms with Gasteiger partial charge in [0.1, 0.15) is 0 Å². The first kappa shape index (κ1) is 13.9. The first-order valence-electron chi connectivity index (χ1n) is 7.55. The molecule has 1 N–H and O–H groups in total. The number of aryl methyl sites for hydroxylation is 1. The molecule has 3 nitrogen and oxygen atoms in total. The Balaban J connectivity index is 1.74. The lowest BCUT2D eigenvalue weighted by molar-refractivity contribution is 0.243. The van der Waals surface area contributed by atoms with E-state index in [1.54, 1.807) is 0 Å². The molecule has 2 aromatic rings. The molecule has 0 saturated carbocycles. The van der Waals surface area contributed by atoms with Crippen LogP contribution in [-0.2, 0) is 0 Å². The lowest BCUT2D eigenvalue weighted by atomic mass is 10.0. The van der Waals surface area contributed by atoms with Gasteiger partial charge >= 0.3 is 0 Å². The fraction of sp³-hybridized carbons (Fsp3) is 0.389. The number of para-hydroxylation sites is 1. The third kappa shape index (κ3) is 3.17. The summed E-state index contributed by atoms with van der Waals surface area (Å²) in [6.07, 6.45) is 7.64. The molecule has 1 aromatic carbocycles. The van der Waals surface area contributed by atoms with Crippen LogP contribution in [0.2, 0.25) is 0 Å². The normalized spacial score (nSPS) is 16.8. The highest BCUT2D eigenvalue weighted by molar-refractivity contribution is 5.90. The van der Waals surface area contributed by atoms with E-state index in [0.717, 1.165) is 49.4 Å². The average Bonchev–Trinajstić information content (AvgIpc) is 2.50. The maximum Gasteiger partial charge on any atom is 0.0936 e. The van der Waals surface area contributed by atoms with E-state index < -0.39 is 0 Å². The van der Waals surface area contributed by atoms with Gasteiger partial charge in [0.15, 0.2) is 0 Å². The summed E-state index contributed by atoms with van der Waals surface area (Å²) in [7, 11) is 0. The van der Waals surface area contributed by atoms with Crippen molar-refractivity contribution in [1.29, 1.82) is 0 Å². The summed E-state index contributed by atoms with van der Waals surface area (Å²) in [4.78, 5) is 7.02. The molecule has 21 heavy (non-hydrogen) atoms. The number of piperidine rings is 1. The monoisotopic (exact) mass is 279 g/mol. The lowest BCUT2D eigenvalue weighted by Crippen LogP contribution is -2.39. The average molecular weight is 279 g/mol. The summed E-state index contributed by atoms with van der Waals surface area (Å²) < 4.78 is 0. The minimum atomic E-state index is 0.506. The van der Waals surface area contributed by atoms with Crippen LogP contribution in [-0.4, -0.2) is 35.6 Å². The molecule has 108 valence electrons. The smallest absolute Gasteiger partial charge is 0.0936 e. The van der Waals surface area contributed by atoms with Gasteiger partial charge in [0.2, 0.25) is 0 Å². The van der Waals surface area contributed by atoms with Crippen molar-refractivity contribution in [3.63, 3.8) is 0 Å². The van der Waals surface area contributed by atoms with E-state index in [-0.39, 0.29) is 0 Å². The third-order valence-electron chi connectivity index (χ3n) is 4.12. The topological polar surface area (TPSA) is 28.2 Å². The van der Waals surface area contributed by atoms with Crippen LogP contribution in [0.4, 0.5) is 5.69 Å². The standard InChI is InChI=1S/C18H21N3/c1-3-11-21-12-9-16(10-13-21)20-17-6-4-5-15-8-7-14(2)19-18(15)17/h1,4-8,16,20H,9-13H2,2H3. The number of hydrogen-bond donors (Lipinski definition) is 1. The molecule has 1 aliphatic rings. The van der Waals surface area contributed by atoms with Gasteiger partial charge < -0.3 is 5.32 Å². The SMILES string of the molecule is C#CCN1CCC(Nc2cccc3ccc(C)nc23)CC1. The molecule has 1 saturated heterocycles. The van der Waals surface area contributed by atoms with Gasteiger partial charge in [-0.1, -0.05) is 24.1 Å². The molecule has 0 amide bonds. The summed E-state index contributed by atoms with van der Waals surface area (Å²) in [5, 5.41) is 4.86. The minimum Gasteiger partial charge on any atom is -0.380 e.